The molecule has 4 heteroatoms. The Morgan fingerprint density at radius 1 is 1.41 bits per heavy atom. The maximum atomic E-state index is 5.70. The zero-order chi connectivity index (χ0) is 12.8. The molecule has 94 valence electrons. The fourth-order valence-corrected chi connectivity index (χ4v) is 1.53. The van der Waals surface area contributed by atoms with E-state index >= 15 is 0 Å². The van der Waals surface area contributed by atoms with Gasteiger partial charge in [-0.15, -0.1) is 0 Å². The molecule has 0 saturated carbocycles. The highest BCUT2D eigenvalue weighted by Gasteiger charge is 2.08. The van der Waals surface area contributed by atoms with Gasteiger partial charge in [0.2, 0.25) is 0 Å². The van der Waals surface area contributed by atoms with Gasteiger partial charge in [-0.3, -0.25) is 0 Å². The summed E-state index contributed by atoms with van der Waals surface area (Å²) in [6.45, 7) is 4.97. The molecule has 0 fully saturated rings. The molecular weight excluding hydrogens is 234 g/mol. The van der Waals surface area contributed by atoms with Crippen LogP contribution in [-0.2, 0) is 0 Å². The van der Waals surface area contributed by atoms with Gasteiger partial charge in [0.1, 0.15) is 16.5 Å². The number of methoxy groups -OCH3 is 1. The Morgan fingerprint density at radius 2 is 2.12 bits per heavy atom. The van der Waals surface area contributed by atoms with Crippen molar-refractivity contribution in [3.05, 3.63) is 23.8 Å². The van der Waals surface area contributed by atoms with Crippen molar-refractivity contribution in [3.8, 4) is 11.5 Å². The van der Waals surface area contributed by atoms with E-state index in [0.29, 0.717) is 23.3 Å². The molecule has 17 heavy (non-hydrogen) atoms. The molecule has 0 atom stereocenters. The van der Waals surface area contributed by atoms with Crippen LogP contribution in [0.4, 0.5) is 0 Å². The zero-order valence-corrected chi connectivity index (χ0v) is 11.3. The average Bonchev–Trinajstić information content (AvgIpc) is 2.28. The molecule has 0 bridgehead atoms. The topological polar surface area (TPSA) is 44.5 Å². The summed E-state index contributed by atoms with van der Waals surface area (Å²) >= 11 is 4.99. The Hall–Kier alpha value is -1.29. The second-order valence-electron chi connectivity index (χ2n) is 4.26. The van der Waals surface area contributed by atoms with Crippen molar-refractivity contribution in [3.63, 3.8) is 0 Å². The van der Waals surface area contributed by atoms with Crippen LogP contribution in [0.15, 0.2) is 18.2 Å². The molecule has 0 unspecified atom stereocenters. The third-order valence-electron chi connectivity index (χ3n) is 2.41. The number of hydrogen-bond donors (Lipinski definition) is 1. The van der Waals surface area contributed by atoms with Crippen LogP contribution in [0.2, 0.25) is 0 Å². The SMILES string of the molecule is COc1ccc(C(N)=S)c(OCCC(C)C)c1. The van der Waals surface area contributed by atoms with Crippen LogP contribution < -0.4 is 15.2 Å². The zero-order valence-electron chi connectivity index (χ0n) is 10.5. The van der Waals surface area contributed by atoms with Crippen LogP contribution in [0.3, 0.4) is 0 Å². The predicted molar refractivity (Wildman–Crippen MR) is 73.8 cm³/mol. The summed E-state index contributed by atoms with van der Waals surface area (Å²) < 4.78 is 10.9. The fourth-order valence-electron chi connectivity index (χ4n) is 1.36. The van der Waals surface area contributed by atoms with Crippen molar-refractivity contribution in [1.29, 1.82) is 0 Å². The van der Waals surface area contributed by atoms with Crippen LogP contribution >= 0.6 is 12.2 Å². The van der Waals surface area contributed by atoms with Gasteiger partial charge in [-0.1, -0.05) is 26.1 Å². The quantitative estimate of drug-likeness (QED) is 0.792. The van der Waals surface area contributed by atoms with Crippen LogP contribution in [0.1, 0.15) is 25.8 Å². The van der Waals surface area contributed by atoms with Gasteiger partial charge >= 0.3 is 0 Å². The van der Waals surface area contributed by atoms with Crippen molar-refractivity contribution in [2.45, 2.75) is 20.3 Å². The number of hydrogen-bond acceptors (Lipinski definition) is 3. The Morgan fingerprint density at radius 3 is 2.65 bits per heavy atom. The Labute approximate surface area is 108 Å². The molecule has 0 aliphatic rings. The first-order chi connectivity index (χ1) is 8.04. The van der Waals surface area contributed by atoms with E-state index in [2.05, 4.69) is 13.8 Å². The van der Waals surface area contributed by atoms with Crippen molar-refractivity contribution < 1.29 is 9.47 Å². The first-order valence-corrected chi connectivity index (χ1v) is 6.06. The Kier molecular flexibility index (Phi) is 5.22. The summed E-state index contributed by atoms with van der Waals surface area (Å²) in [5.74, 6) is 2.04. The molecule has 1 rings (SSSR count). The summed E-state index contributed by atoms with van der Waals surface area (Å²) in [6.07, 6.45) is 0.994. The predicted octanol–water partition coefficient (Wildman–Crippen LogP) is 2.75. The Balaban J connectivity index is 2.82. The molecule has 0 spiro atoms. The van der Waals surface area contributed by atoms with E-state index in [0.717, 1.165) is 17.7 Å². The van der Waals surface area contributed by atoms with E-state index in [1.165, 1.54) is 0 Å². The average molecular weight is 253 g/mol. The molecule has 0 radical (unpaired) electrons. The van der Waals surface area contributed by atoms with Gasteiger partial charge in [0.15, 0.2) is 0 Å². The van der Waals surface area contributed by atoms with Crippen molar-refractivity contribution in [2.75, 3.05) is 13.7 Å². The van der Waals surface area contributed by atoms with Gasteiger partial charge in [-0.05, 0) is 24.5 Å². The van der Waals surface area contributed by atoms with Crippen LogP contribution in [-0.4, -0.2) is 18.7 Å². The molecule has 0 aliphatic carbocycles. The highest BCUT2D eigenvalue weighted by atomic mass is 32.1. The molecule has 1 aromatic rings. The minimum Gasteiger partial charge on any atom is -0.497 e. The van der Waals surface area contributed by atoms with E-state index in [4.69, 9.17) is 27.4 Å². The van der Waals surface area contributed by atoms with Gasteiger partial charge in [0, 0.05) is 6.07 Å². The molecule has 0 aliphatic heterocycles. The number of ether oxygens (including phenoxy) is 2. The summed E-state index contributed by atoms with van der Waals surface area (Å²) in [4.78, 5) is 0.340. The molecule has 3 nitrogen and oxygen atoms in total. The lowest BCUT2D eigenvalue weighted by molar-refractivity contribution is 0.287. The molecule has 0 saturated heterocycles. The minimum atomic E-state index is 0.340. The third-order valence-corrected chi connectivity index (χ3v) is 2.63. The van der Waals surface area contributed by atoms with E-state index in [9.17, 15) is 0 Å². The van der Waals surface area contributed by atoms with Crippen molar-refractivity contribution >= 4 is 17.2 Å². The van der Waals surface area contributed by atoms with Gasteiger partial charge in [0.05, 0.1) is 19.3 Å². The van der Waals surface area contributed by atoms with E-state index in [1.54, 1.807) is 7.11 Å². The van der Waals surface area contributed by atoms with Crippen LogP contribution in [0.25, 0.3) is 0 Å². The summed E-state index contributed by atoms with van der Waals surface area (Å²) in [5, 5.41) is 0. The highest BCUT2D eigenvalue weighted by molar-refractivity contribution is 7.80. The first-order valence-electron chi connectivity index (χ1n) is 5.65. The van der Waals surface area contributed by atoms with Crippen molar-refractivity contribution in [1.82, 2.24) is 0 Å². The lowest BCUT2D eigenvalue weighted by atomic mass is 10.1. The van der Waals surface area contributed by atoms with Crippen LogP contribution in [0, 0.1) is 5.92 Å². The second kappa shape index (κ2) is 6.45. The smallest absolute Gasteiger partial charge is 0.133 e. The number of rotatable bonds is 6. The highest BCUT2D eigenvalue weighted by Crippen LogP contribution is 2.25. The molecule has 0 amide bonds. The van der Waals surface area contributed by atoms with E-state index in [1.807, 2.05) is 18.2 Å². The minimum absolute atomic E-state index is 0.340. The van der Waals surface area contributed by atoms with Crippen LogP contribution in [0.5, 0.6) is 11.5 Å². The number of nitrogens with two attached hydrogens (primary N) is 1. The lowest BCUT2D eigenvalue weighted by Gasteiger charge is -2.13. The third kappa shape index (κ3) is 4.23. The molecule has 2 N–H and O–H groups in total. The van der Waals surface area contributed by atoms with Gasteiger partial charge in [-0.2, -0.15) is 0 Å². The number of benzene rings is 1. The van der Waals surface area contributed by atoms with Gasteiger partial charge in [0.25, 0.3) is 0 Å². The second-order valence-corrected chi connectivity index (χ2v) is 4.70. The monoisotopic (exact) mass is 253 g/mol. The number of thiocarbonyl (C=S) groups is 1. The first kappa shape index (κ1) is 13.8. The standard InChI is InChI=1S/C13H19NO2S/c1-9(2)6-7-16-12-8-10(15-3)4-5-11(12)13(14)17/h4-5,8-9H,6-7H2,1-3H3,(H2,14,17). The molecule has 0 heterocycles. The van der Waals surface area contributed by atoms with Gasteiger partial charge < -0.3 is 15.2 Å². The van der Waals surface area contributed by atoms with Gasteiger partial charge in [-0.25, -0.2) is 0 Å². The summed E-state index contributed by atoms with van der Waals surface area (Å²) in [7, 11) is 1.62. The summed E-state index contributed by atoms with van der Waals surface area (Å²) in [6, 6.07) is 5.46. The molecule has 1 aromatic carbocycles. The maximum Gasteiger partial charge on any atom is 0.133 e. The maximum absolute atomic E-state index is 5.70. The molecular formula is C13H19NO2S. The Bertz CT molecular complexity index is 391. The lowest BCUT2D eigenvalue weighted by Crippen LogP contribution is -2.12. The van der Waals surface area contributed by atoms with E-state index in [-0.39, 0.29) is 0 Å². The van der Waals surface area contributed by atoms with E-state index < -0.39 is 0 Å². The largest absolute Gasteiger partial charge is 0.497 e. The summed E-state index contributed by atoms with van der Waals surface area (Å²) in [5.41, 5.74) is 6.40. The van der Waals surface area contributed by atoms with Crippen molar-refractivity contribution in [2.24, 2.45) is 11.7 Å². The normalized spacial score (nSPS) is 10.4. The fraction of sp³-hybridized carbons (Fsp3) is 0.462. The molecule has 0 aromatic heterocycles.